The van der Waals surface area contributed by atoms with Crippen molar-refractivity contribution in [3.05, 3.63) is 71.3 Å². The van der Waals surface area contributed by atoms with Crippen LogP contribution in [0.1, 0.15) is 43.1 Å². The second-order valence-corrected chi connectivity index (χ2v) is 9.77. The van der Waals surface area contributed by atoms with Crippen LogP contribution in [0.2, 0.25) is 0 Å². The highest BCUT2D eigenvalue weighted by molar-refractivity contribution is 8.14. The molecule has 0 aliphatic carbocycles. The minimum atomic E-state index is -0.791. The van der Waals surface area contributed by atoms with E-state index in [1.165, 1.54) is 17.8 Å². The van der Waals surface area contributed by atoms with Gasteiger partial charge in [-0.1, -0.05) is 42.1 Å². The van der Waals surface area contributed by atoms with Gasteiger partial charge in [-0.05, 0) is 37.5 Å². The SMILES string of the molecule is C[C@@H](NC(=O)[C@H]1CCCN1C1=NC2C(=O)NC(c3ccc(F)cc3F)NC2S1)c1ccccc1. The Kier molecular flexibility index (Phi) is 6.26. The Morgan fingerprint density at radius 3 is 2.79 bits per heavy atom. The molecule has 0 saturated carbocycles. The monoisotopic (exact) mass is 485 g/mol. The van der Waals surface area contributed by atoms with Crippen LogP contribution in [-0.2, 0) is 9.59 Å². The van der Waals surface area contributed by atoms with Crippen LogP contribution in [0.3, 0.4) is 0 Å². The molecule has 3 unspecified atom stereocenters. The molecule has 5 rings (SSSR count). The lowest BCUT2D eigenvalue weighted by Gasteiger charge is -2.32. The van der Waals surface area contributed by atoms with Gasteiger partial charge in [-0.3, -0.25) is 14.9 Å². The second kappa shape index (κ2) is 9.34. The molecule has 10 heteroatoms. The number of hydrogen-bond acceptors (Lipinski definition) is 6. The van der Waals surface area contributed by atoms with Crippen LogP contribution < -0.4 is 16.0 Å². The Labute approximate surface area is 200 Å². The van der Waals surface area contributed by atoms with E-state index in [0.717, 1.165) is 24.1 Å². The summed E-state index contributed by atoms with van der Waals surface area (Å²) in [5.74, 6) is -1.82. The molecule has 2 aromatic carbocycles. The summed E-state index contributed by atoms with van der Waals surface area (Å²) in [5.41, 5.74) is 1.19. The van der Waals surface area contributed by atoms with Crippen molar-refractivity contribution in [3.8, 4) is 0 Å². The maximum absolute atomic E-state index is 14.3. The Balaban J connectivity index is 1.27. The Morgan fingerprint density at radius 1 is 1.24 bits per heavy atom. The van der Waals surface area contributed by atoms with Crippen LogP contribution in [0, 0.1) is 11.6 Å². The van der Waals surface area contributed by atoms with Crippen LogP contribution in [-0.4, -0.2) is 45.9 Å². The number of rotatable bonds is 4. The number of benzene rings is 2. The Bertz CT molecular complexity index is 1130. The van der Waals surface area contributed by atoms with Gasteiger partial charge in [-0.2, -0.15) is 0 Å². The van der Waals surface area contributed by atoms with E-state index in [-0.39, 0.29) is 29.5 Å². The van der Waals surface area contributed by atoms with Crippen molar-refractivity contribution in [2.24, 2.45) is 4.99 Å². The number of likely N-dealkylation sites (tertiary alicyclic amines) is 1. The summed E-state index contributed by atoms with van der Waals surface area (Å²) in [6.45, 7) is 2.62. The first-order valence-corrected chi connectivity index (χ1v) is 12.2. The molecule has 7 nitrogen and oxygen atoms in total. The number of fused-ring (bicyclic) bond motifs is 1. The van der Waals surface area contributed by atoms with Crippen LogP contribution >= 0.6 is 11.8 Å². The molecule has 0 spiro atoms. The first kappa shape index (κ1) is 22.8. The van der Waals surface area contributed by atoms with Gasteiger partial charge in [0.15, 0.2) is 11.2 Å². The summed E-state index contributed by atoms with van der Waals surface area (Å²) in [6.07, 6.45) is 0.752. The fraction of sp³-hybridized carbons (Fsp3) is 0.375. The van der Waals surface area contributed by atoms with E-state index >= 15 is 0 Å². The first-order chi connectivity index (χ1) is 16.4. The second-order valence-electron chi connectivity index (χ2n) is 8.66. The lowest BCUT2D eigenvalue weighted by Crippen LogP contribution is -2.56. The molecule has 2 saturated heterocycles. The lowest BCUT2D eigenvalue weighted by atomic mass is 10.1. The summed E-state index contributed by atoms with van der Waals surface area (Å²) in [5, 5.41) is 9.23. The van der Waals surface area contributed by atoms with Gasteiger partial charge in [0.25, 0.3) is 0 Å². The summed E-state index contributed by atoms with van der Waals surface area (Å²) in [4.78, 5) is 32.4. The number of thioether (sulfide) groups is 1. The zero-order valence-electron chi connectivity index (χ0n) is 18.5. The number of carbonyl (C=O) groups is 2. The van der Waals surface area contributed by atoms with Crippen molar-refractivity contribution in [1.29, 1.82) is 0 Å². The number of hydrogen-bond donors (Lipinski definition) is 3. The van der Waals surface area contributed by atoms with Crippen molar-refractivity contribution < 1.29 is 18.4 Å². The topological polar surface area (TPSA) is 85.8 Å². The average Bonchev–Trinajstić information content (AvgIpc) is 3.47. The number of halogens is 2. The van der Waals surface area contributed by atoms with E-state index in [0.29, 0.717) is 18.1 Å². The predicted octanol–water partition coefficient (Wildman–Crippen LogP) is 2.82. The quantitative estimate of drug-likeness (QED) is 0.620. The number of carbonyl (C=O) groups excluding carboxylic acids is 2. The fourth-order valence-corrected chi connectivity index (χ4v) is 5.87. The van der Waals surface area contributed by atoms with Gasteiger partial charge < -0.3 is 15.5 Å². The van der Waals surface area contributed by atoms with E-state index in [1.807, 2.05) is 42.2 Å². The van der Waals surface area contributed by atoms with Gasteiger partial charge in [0.2, 0.25) is 11.8 Å². The predicted molar refractivity (Wildman–Crippen MR) is 126 cm³/mol. The molecule has 178 valence electrons. The third kappa shape index (κ3) is 4.39. The van der Waals surface area contributed by atoms with Crippen molar-refractivity contribution in [2.75, 3.05) is 6.54 Å². The van der Waals surface area contributed by atoms with E-state index in [4.69, 9.17) is 0 Å². The minimum absolute atomic E-state index is 0.0734. The van der Waals surface area contributed by atoms with Crippen LogP contribution in [0.4, 0.5) is 8.78 Å². The number of amides is 2. The summed E-state index contributed by atoms with van der Waals surface area (Å²) >= 11 is 1.37. The highest BCUT2D eigenvalue weighted by Crippen LogP contribution is 2.35. The highest BCUT2D eigenvalue weighted by atomic mass is 32.2. The zero-order chi connectivity index (χ0) is 23.8. The molecule has 0 radical (unpaired) electrons. The molecule has 3 N–H and O–H groups in total. The summed E-state index contributed by atoms with van der Waals surface area (Å²) in [6, 6.07) is 11.9. The van der Waals surface area contributed by atoms with Gasteiger partial charge in [-0.25, -0.2) is 13.8 Å². The van der Waals surface area contributed by atoms with E-state index < -0.39 is 29.2 Å². The fourth-order valence-electron chi connectivity index (χ4n) is 4.60. The van der Waals surface area contributed by atoms with Crippen molar-refractivity contribution in [1.82, 2.24) is 20.9 Å². The third-order valence-electron chi connectivity index (χ3n) is 6.39. The van der Waals surface area contributed by atoms with Crippen LogP contribution in [0.25, 0.3) is 0 Å². The molecule has 0 bridgehead atoms. The maximum Gasteiger partial charge on any atom is 0.248 e. The van der Waals surface area contributed by atoms with Crippen LogP contribution in [0.15, 0.2) is 53.5 Å². The number of nitrogens with zero attached hydrogens (tertiary/aromatic N) is 2. The number of amidine groups is 1. The van der Waals surface area contributed by atoms with Gasteiger partial charge >= 0.3 is 0 Å². The summed E-state index contributed by atoms with van der Waals surface area (Å²) in [7, 11) is 0. The molecule has 5 atom stereocenters. The largest absolute Gasteiger partial charge is 0.348 e. The molecule has 3 aliphatic heterocycles. The standard InChI is InChI=1S/C24H25F2N5O2S/c1-13(14-6-3-2-4-7-14)27-21(32)18-8-5-11-31(18)24-28-19-22(33)29-20(30-23(19)34-24)16-10-9-15(25)12-17(16)26/h2-4,6-7,9-10,12-13,18-20,23,30H,5,8,11H2,1H3,(H,27,32)(H,29,33)/t13-,18-,19?,20?,23?/m1/s1. The maximum atomic E-state index is 14.3. The van der Waals surface area contributed by atoms with Gasteiger partial charge in [0.1, 0.15) is 23.8 Å². The molecule has 2 amide bonds. The zero-order valence-corrected chi connectivity index (χ0v) is 19.3. The van der Waals surface area contributed by atoms with E-state index in [2.05, 4.69) is 20.9 Å². The smallest absolute Gasteiger partial charge is 0.248 e. The summed E-state index contributed by atoms with van der Waals surface area (Å²) < 4.78 is 27.6. The van der Waals surface area contributed by atoms with E-state index in [1.54, 1.807) is 0 Å². The first-order valence-electron chi connectivity index (χ1n) is 11.3. The Morgan fingerprint density at radius 2 is 2.03 bits per heavy atom. The molecule has 2 fully saturated rings. The molecule has 2 aromatic rings. The molecule has 3 aliphatic rings. The number of nitrogens with one attached hydrogen (secondary N) is 3. The highest BCUT2D eigenvalue weighted by Gasteiger charge is 2.45. The third-order valence-corrected chi connectivity index (χ3v) is 7.59. The minimum Gasteiger partial charge on any atom is -0.348 e. The normalized spacial score (nSPS) is 27.1. The Hall–Kier alpha value is -2.98. The molecule has 34 heavy (non-hydrogen) atoms. The lowest BCUT2D eigenvalue weighted by molar-refractivity contribution is -0.125. The van der Waals surface area contributed by atoms with Gasteiger partial charge in [-0.15, -0.1) is 0 Å². The van der Waals surface area contributed by atoms with Crippen molar-refractivity contribution in [3.63, 3.8) is 0 Å². The molecule has 3 heterocycles. The van der Waals surface area contributed by atoms with Crippen LogP contribution in [0.5, 0.6) is 0 Å². The van der Waals surface area contributed by atoms with Crippen molar-refractivity contribution in [2.45, 2.75) is 49.4 Å². The average molecular weight is 486 g/mol. The molecule has 0 aromatic heterocycles. The molecular formula is C24H25F2N5O2S. The molecular weight excluding hydrogens is 460 g/mol. The van der Waals surface area contributed by atoms with Gasteiger partial charge in [0, 0.05) is 18.2 Å². The van der Waals surface area contributed by atoms with E-state index in [9.17, 15) is 18.4 Å². The number of aliphatic imine (C=N–C) groups is 1. The van der Waals surface area contributed by atoms with Gasteiger partial charge in [0.05, 0.1) is 11.4 Å². The van der Waals surface area contributed by atoms with Crippen molar-refractivity contribution >= 4 is 28.7 Å².